The van der Waals surface area contributed by atoms with Crippen LogP contribution in [0.2, 0.25) is 5.02 Å². The summed E-state index contributed by atoms with van der Waals surface area (Å²) in [7, 11) is 0. The summed E-state index contributed by atoms with van der Waals surface area (Å²) >= 11 is 5.84. The molecule has 1 aromatic carbocycles. The first-order chi connectivity index (χ1) is 10.6. The first-order valence-electron chi connectivity index (χ1n) is 6.10. The summed E-state index contributed by atoms with van der Waals surface area (Å²) in [5.41, 5.74) is 0.480. The molecular formula is C14H7ClFN5O. The van der Waals surface area contributed by atoms with Crippen molar-refractivity contribution in [2.75, 3.05) is 0 Å². The van der Waals surface area contributed by atoms with E-state index in [2.05, 4.69) is 15.3 Å². The lowest BCUT2D eigenvalue weighted by Crippen LogP contribution is -2.05. The van der Waals surface area contributed by atoms with Crippen molar-refractivity contribution in [3.05, 3.63) is 63.5 Å². The molecule has 108 valence electrons. The lowest BCUT2D eigenvalue weighted by atomic mass is 10.0. The van der Waals surface area contributed by atoms with Crippen molar-refractivity contribution < 1.29 is 4.39 Å². The van der Waals surface area contributed by atoms with E-state index >= 15 is 0 Å². The average molecular weight is 316 g/mol. The van der Waals surface area contributed by atoms with E-state index in [1.165, 1.54) is 35.3 Å². The van der Waals surface area contributed by atoms with E-state index in [9.17, 15) is 9.18 Å². The van der Waals surface area contributed by atoms with Crippen molar-refractivity contribution in [3.8, 4) is 22.9 Å². The van der Waals surface area contributed by atoms with Gasteiger partial charge in [-0.25, -0.2) is 9.07 Å². The normalized spacial score (nSPS) is 10.4. The summed E-state index contributed by atoms with van der Waals surface area (Å²) < 4.78 is 15.7. The number of nitrogens with zero attached hydrogens (tertiary/aromatic N) is 4. The molecule has 2 aromatic heterocycles. The predicted octanol–water partition coefficient (Wildman–Crippen LogP) is 2.29. The minimum absolute atomic E-state index is 0.0837. The second-order valence-electron chi connectivity index (χ2n) is 4.36. The van der Waals surface area contributed by atoms with Crippen LogP contribution >= 0.6 is 11.6 Å². The van der Waals surface area contributed by atoms with Crippen LogP contribution in [0.4, 0.5) is 4.39 Å². The van der Waals surface area contributed by atoms with Gasteiger partial charge in [-0.3, -0.25) is 4.79 Å². The Morgan fingerprint density at radius 2 is 2.18 bits per heavy atom. The summed E-state index contributed by atoms with van der Waals surface area (Å²) in [4.78, 5) is 13.9. The molecule has 0 radical (unpaired) electrons. The second-order valence-corrected chi connectivity index (χ2v) is 4.76. The molecule has 1 N–H and O–H groups in total. The Morgan fingerprint density at radius 1 is 1.36 bits per heavy atom. The topological polar surface area (TPSA) is 87.4 Å². The van der Waals surface area contributed by atoms with Gasteiger partial charge in [0, 0.05) is 17.8 Å². The molecule has 0 amide bonds. The SMILES string of the molecule is N#Cc1cn(-c2ccc(Cl)c(F)c2-c2cc[nH]c(=O)c2)nn1. The standard InChI is InChI=1S/C14H7ClFN5O/c15-10-1-2-11(21-7-9(6-17)19-20-21)13(14(10)16)8-3-4-18-12(22)5-8/h1-5,7H,(H,18,22). The average Bonchev–Trinajstić information content (AvgIpc) is 2.98. The molecule has 6 nitrogen and oxygen atoms in total. The van der Waals surface area contributed by atoms with Gasteiger partial charge in [-0.2, -0.15) is 5.26 Å². The molecule has 22 heavy (non-hydrogen) atoms. The molecule has 0 bridgehead atoms. The monoisotopic (exact) mass is 315 g/mol. The van der Waals surface area contributed by atoms with Gasteiger partial charge in [0.25, 0.3) is 0 Å². The van der Waals surface area contributed by atoms with Gasteiger partial charge in [0.05, 0.1) is 16.9 Å². The molecule has 0 atom stereocenters. The van der Waals surface area contributed by atoms with Gasteiger partial charge in [-0.15, -0.1) is 5.10 Å². The third kappa shape index (κ3) is 2.36. The van der Waals surface area contributed by atoms with Crippen LogP contribution in [0.5, 0.6) is 0 Å². The zero-order valence-electron chi connectivity index (χ0n) is 10.9. The lowest BCUT2D eigenvalue weighted by Gasteiger charge is -2.11. The Kier molecular flexibility index (Phi) is 3.45. The molecule has 0 aliphatic heterocycles. The Morgan fingerprint density at radius 3 is 2.86 bits per heavy atom. The van der Waals surface area contributed by atoms with Crippen LogP contribution in [-0.2, 0) is 0 Å². The number of aromatic amines is 1. The molecule has 0 saturated carbocycles. The van der Waals surface area contributed by atoms with Crippen molar-refractivity contribution in [1.29, 1.82) is 5.26 Å². The summed E-state index contributed by atoms with van der Waals surface area (Å²) in [6.45, 7) is 0. The first-order valence-corrected chi connectivity index (χ1v) is 6.48. The Hall–Kier alpha value is -2.98. The number of pyridine rings is 1. The van der Waals surface area contributed by atoms with Crippen LogP contribution in [0.15, 0.2) is 41.5 Å². The van der Waals surface area contributed by atoms with Gasteiger partial charge in [0.1, 0.15) is 6.07 Å². The van der Waals surface area contributed by atoms with E-state index in [4.69, 9.17) is 16.9 Å². The largest absolute Gasteiger partial charge is 0.329 e. The zero-order valence-corrected chi connectivity index (χ0v) is 11.7. The highest BCUT2D eigenvalue weighted by Crippen LogP contribution is 2.32. The van der Waals surface area contributed by atoms with Crippen LogP contribution in [0.3, 0.4) is 0 Å². The highest BCUT2D eigenvalue weighted by Gasteiger charge is 2.17. The number of nitrogens with one attached hydrogen (secondary N) is 1. The number of halogens is 2. The van der Waals surface area contributed by atoms with Gasteiger partial charge in [-0.05, 0) is 23.8 Å². The second kappa shape index (κ2) is 5.42. The number of aromatic nitrogens is 4. The quantitative estimate of drug-likeness (QED) is 0.786. The van der Waals surface area contributed by atoms with Gasteiger partial charge >= 0.3 is 0 Å². The van der Waals surface area contributed by atoms with Gasteiger partial charge in [0.15, 0.2) is 11.5 Å². The Bertz CT molecular complexity index is 956. The molecular weight excluding hydrogens is 309 g/mol. The maximum absolute atomic E-state index is 14.5. The maximum atomic E-state index is 14.5. The molecule has 8 heteroatoms. The fourth-order valence-electron chi connectivity index (χ4n) is 2.04. The molecule has 3 rings (SSSR count). The van der Waals surface area contributed by atoms with E-state index in [1.54, 1.807) is 6.07 Å². The fraction of sp³-hybridized carbons (Fsp3) is 0. The van der Waals surface area contributed by atoms with Crippen molar-refractivity contribution in [2.24, 2.45) is 0 Å². The summed E-state index contributed by atoms with van der Waals surface area (Å²) in [5.74, 6) is -0.682. The molecule has 0 fully saturated rings. The molecule has 2 heterocycles. The maximum Gasteiger partial charge on any atom is 0.248 e. The summed E-state index contributed by atoms with van der Waals surface area (Å²) in [6.07, 6.45) is 2.77. The highest BCUT2D eigenvalue weighted by atomic mass is 35.5. The third-order valence-corrected chi connectivity index (χ3v) is 3.28. The van der Waals surface area contributed by atoms with Crippen molar-refractivity contribution in [3.63, 3.8) is 0 Å². The summed E-state index contributed by atoms with van der Waals surface area (Å²) in [6, 6.07) is 7.55. The van der Waals surface area contributed by atoms with Crippen molar-refractivity contribution in [1.82, 2.24) is 20.0 Å². The number of H-pyrrole nitrogens is 1. The predicted molar refractivity (Wildman–Crippen MR) is 77.1 cm³/mol. The minimum Gasteiger partial charge on any atom is -0.329 e. The highest BCUT2D eigenvalue weighted by molar-refractivity contribution is 6.31. The van der Waals surface area contributed by atoms with Crippen molar-refractivity contribution >= 4 is 11.6 Å². The lowest BCUT2D eigenvalue weighted by molar-refractivity contribution is 0.629. The number of hydrogen-bond acceptors (Lipinski definition) is 4. The Labute approximate surface area is 128 Å². The van der Waals surface area contributed by atoms with E-state index in [1.807, 2.05) is 6.07 Å². The number of rotatable bonds is 2. The molecule has 0 unspecified atom stereocenters. The molecule has 0 aliphatic carbocycles. The molecule has 0 aliphatic rings. The van der Waals surface area contributed by atoms with Crippen LogP contribution in [0.1, 0.15) is 5.69 Å². The van der Waals surface area contributed by atoms with Crippen LogP contribution < -0.4 is 5.56 Å². The third-order valence-electron chi connectivity index (χ3n) is 2.99. The molecule has 3 aromatic rings. The Balaban J connectivity index is 2.30. The van der Waals surface area contributed by atoms with Gasteiger partial charge < -0.3 is 4.98 Å². The molecule has 0 saturated heterocycles. The van der Waals surface area contributed by atoms with Gasteiger partial charge in [-0.1, -0.05) is 16.8 Å². The van der Waals surface area contributed by atoms with Crippen LogP contribution in [0.25, 0.3) is 16.8 Å². The van der Waals surface area contributed by atoms with Gasteiger partial charge in [0.2, 0.25) is 5.56 Å². The minimum atomic E-state index is -0.682. The van der Waals surface area contributed by atoms with E-state index in [0.29, 0.717) is 11.3 Å². The van der Waals surface area contributed by atoms with E-state index in [-0.39, 0.29) is 21.8 Å². The first kappa shape index (κ1) is 14.0. The number of hydrogen-bond donors (Lipinski definition) is 1. The molecule has 0 spiro atoms. The van der Waals surface area contributed by atoms with E-state index < -0.39 is 5.82 Å². The van der Waals surface area contributed by atoms with Crippen molar-refractivity contribution in [2.45, 2.75) is 0 Å². The van der Waals surface area contributed by atoms with Crippen LogP contribution in [0, 0.1) is 17.1 Å². The van der Waals surface area contributed by atoms with E-state index in [0.717, 1.165) is 0 Å². The summed E-state index contributed by atoms with van der Waals surface area (Å²) in [5, 5.41) is 16.2. The zero-order chi connectivity index (χ0) is 15.7. The fourth-order valence-corrected chi connectivity index (χ4v) is 2.20. The number of benzene rings is 1. The van der Waals surface area contributed by atoms with Crippen LogP contribution in [-0.4, -0.2) is 20.0 Å². The smallest absolute Gasteiger partial charge is 0.248 e. The number of nitriles is 1.